The molecular weight excluding hydrogens is 296 g/mol. The average Bonchev–Trinajstić information content (AvgIpc) is 3.22. The summed E-state index contributed by atoms with van der Waals surface area (Å²) in [5.41, 5.74) is 1.40. The van der Waals surface area contributed by atoms with Crippen LogP contribution in [0.1, 0.15) is 23.3 Å². The Labute approximate surface area is 136 Å². The molecule has 0 bridgehead atoms. The van der Waals surface area contributed by atoms with Crippen molar-refractivity contribution >= 4 is 17.2 Å². The van der Waals surface area contributed by atoms with Crippen molar-refractivity contribution in [3.8, 4) is 0 Å². The molecule has 120 valence electrons. The van der Waals surface area contributed by atoms with Gasteiger partial charge in [0.25, 0.3) is 0 Å². The Bertz CT molecular complexity index is 559. The van der Waals surface area contributed by atoms with Crippen LogP contribution in [0.25, 0.3) is 0 Å². The van der Waals surface area contributed by atoms with Crippen molar-refractivity contribution in [1.29, 1.82) is 0 Å². The molecule has 0 aromatic carbocycles. The predicted octanol–water partition coefficient (Wildman–Crippen LogP) is 2.13. The highest BCUT2D eigenvalue weighted by Crippen LogP contribution is 2.36. The lowest BCUT2D eigenvalue weighted by atomic mass is 9.93. The van der Waals surface area contributed by atoms with Gasteiger partial charge in [-0.3, -0.25) is 9.69 Å². The second kappa shape index (κ2) is 5.95. The van der Waals surface area contributed by atoms with Gasteiger partial charge in [-0.05, 0) is 30.4 Å². The number of carbonyl (C=O) groups is 1. The van der Waals surface area contributed by atoms with Crippen LogP contribution < -0.4 is 0 Å². The second-order valence-electron chi connectivity index (χ2n) is 6.96. The molecule has 4 rings (SSSR count). The summed E-state index contributed by atoms with van der Waals surface area (Å²) in [6.07, 6.45) is 2.15. The number of aryl methyl sites for hydroxylation is 1. The van der Waals surface area contributed by atoms with Crippen molar-refractivity contribution in [3.63, 3.8) is 0 Å². The summed E-state index contributed by atoms with van der Waals surface area (Å²) in [4.78, 5) is 17.9. The van der Waals surface area contributed by atoms with Crippen LogP contribution in [-0.4, -0.2) is 54.6 Å². The molecule has 1 amide bonds. The number of ether oxygens (including phenoxy) is 1. The minimum atomic E-state index is 0.340. The van der Waals surface area contributed by atoms with E-state index in [1.54, 1.807) is 0 Å². The number of rotatable bonds is 4. The van der Waals surface area contributed by atoms with Gasteiger partial charge in [-0.15, -0.1) is 11.3 Å². The number of fused-ring (bicyclic) bond motifs is 1. The molecule has 4 nitrogen and oxygen atoms in total. The van der Waals surface area contributed by atoms with E-state index in [-0.39, 0.29) is 0 Å². The van der Waals surface area contributed by atoms with Gasteiger partial charge in [0, 0.05) is 55.9 Å². The molecule has 3 atom stereocenters. The van der Waals surface area contributed by atoms with E-state index in [1.807, 2.05) is 11.3 Å². The van der Waals surface area contributed by atoms with Crippen molar-refractivity contribution in [2.24, 2.45) is 11.8 Å². The summed E-state index contributed by atoms with van der Waals surface area (Å²) in [6, 6.07) is 2.20. The van der Waals surface area contributed by atoms with E-state index in [2.05, 4.69) is 28.2 Å². The number of thiophene rings is 1. The van der Waals surface area contributed by atoms with Crippen molar-refractivity contribution in [1.82, 2.24) is 9.80 Å². The largest absolute Gasteiger partial charge is 0.376 e. The van der Waals surface area contributed by atoms with E-state index >= 15 is 0 Å². The minimum Gasteiger partial charge on any atom is -0.376 e. The standard InChI is InChI=1S/C17H24N2O2S/c1-12-4-6-22-16(12)10-18-8-14-13(11-21-15(14)9-18)7-19-5-2-3-17(19)20/h4,6,13-15H,2-3,5,7-11H2,1H3/t13-,14+,15+/m1/s1. The molecule has 0 saturated carbocycles. The molecule has 0 aliphatic carbocycles. The summed E-state index contributed by atoms with van der Waals surface area (Å²) in [5.74, 6) is 1.47. The fourth-order valence-electron chi connectivity index (χ4n) is 4.15. The molecule has 3 aliphatic heterocycles. The maximum absolute atomic E-state index is 11.8. The van der Waals surface area contributed by atoms with Crippen molar-refractivity contribution in [3.05, 3.63) is 21.9 Å². The molecule has 1 aromatic heterocycles. The summed E-state index contributed by atoms with van der Waals surface area (Å²) in [6.45, 7) is 8.11. The molecular formula is C17H24N2O2S. The van der Waals surface area contributed by atoms with E-state index in [0.717, 1.165) is 52.2 Å². The smallest absolute Gasteiger partial charge is 0.222 e. The van der Waals surface area contributed by atoms with Crippen LogP contribution in [0.4, 0.5) is 0 Å². The fraction of sp³-hybridized carbons (Fsp3) is 0.706. The van der Waals surface area contributed by atoms with Crippen molar-refractivity contribution in [2.45, 2.75) is 32.4 Å². The SMILES string of the molecule is Cc1ccsc1CN1C[C@H]2[C@H](CN3CCCC3=O)CO[C@H]2C1. The topological polar surface area (TPSA) is 32.8 Å². The van der Waals surface area contributed by atoms with Gasteiger partial charge in [0.15, 0.2) is 0 Å². The summed E-state index contributed by atoms with van der Waals surface area (Å²) >= 11 is 1.86. The molecule has 0 radical (unpaired) electrons. The molecule has 3 aliphatic rings. The van der Waals surface area contributed by atoms with Gasteiger partial charge in [-0.2, -0.15) is 0 Å². The molecule has 3 saturated heterocycles. The second-order valence-corrected chi connectivity index (χ2v) is 7.96. The number of nitrogens with zero attached hydrogens (tertiary/aromatic N) is 2. The third kappa shape index (κ3) is 2.70. The quantitative estimate of drug-likeness (QED) is 0.852. The molecule has 22 heavy (non-hydrogen) atoms. The Morgan fingerprint density at radius 2 is 2.32 bits per heavy atom. The van der Waals surface area contributed by atoms with E-state index in [9.17, 15) is 4.79 Å². The van der Waals surface area contributed by atoms with Crippen LogP contribution in [0.5, 0.6) is 0 Å². The highest BCUT2D eigenvalue weighted by Gasteiger charge is 2.44. The zero-order chi connectivity index (χ0) is 15.1. The van der Waals surface area contributed by atoms with Gasteiger partial charge in [-0.25, -0.2) is 0 Å². The van der Waals surface area contributed by atoms with Crippen LogP contribution >= 0.6 is 11.3 Å². The summed E-state index contributed by atoms with van der Waals surface area (Å²) in [7, 11) is 0. The summed E-state index contributed by atoms with van der Waals surface area (Å²) < 4.78 is 6.04. The van der Waals surface area contributed by atoms with E-state index < -0.39 is 0 Å². The monoisotopic (exact) mass is 320 g/mol. The Morgan fingerprint density at radius 1 is 1.41 bits per heavy atom. The lowest BCUT2D eigenvalue weighted by molar-refractivity contribution is -0.128. The van der Waals surface area contributed by atoms with Gasteiger partial charge in [-0.1, -0.05) is 0 Å². The number of hydrogen-bond acceptors (Lipinski definition) is 4. The molecule has 0 N–H and O–H groups in total. The van der Waals surface area contributed by atoms with E-state index in [4.69, 9.17) is 4.74 Å². The molecule has 5 heteroatoms. The maximum Gasteiger partial charge on any atom is 0.222 e. The zero-order valence-corrected chi connectivity index (χ0v) is 14.0. The lowest BCUT2D eigenvalue weighted by Crippen LogP contribution is -2.35. The Morgan fingerprint density at radius 3 is 3.05 bits per heavy atom. The Kier molecular flexibility index (Phi) is 3.96. The highest BCUT2D eigenvalue weighted by molar-refractivity contribution is 7.10. The van der Waals surface area contributed by atoms with Gasteiger partial charge in [0.2, 0.25) is 5.91 Å². The normalized spacial score (nSPS) is 32.1. The van der Waals surface area contributed by atoms with E-state index in [0.29, 0.717) is 23.8 Å². The van der Waals surface area contributed by atoms with Crippen LogP contribution in [0.2, 0.25) is 0 Å². The van der Waals surface area contributed by atoms with Gasteiger partial charge >= 0.3 is 0 Å². The molecule has 0 spiro atoms. The maximum atomic E-state index is 11.8. The average molecular weight is 320 g/mol. The number of likely N-dealkylation sites (tertiary alicyclic amines) is 2. The van der Waals surface area contributed by atoms with Crippen molar-refractivity contribution < 1.29 is 9.53 Å². The van der Waals surface area contributed by atoms with Crippen LogP contribution in [0.3, 0.4) is 0 Å². The first-order valence-corrected chi connectivity index (χ1v) is 9.23. The van der Waals surface area contributed by atoms with Crippen LogP contribution in [0, 0.1) is 18.8 Å². The first-order valence-electron chi connectivity index (χ1n) is 8.35. The Balaban J connectivity index is 1.36. The Hall–Kier alpha value is -0.910. The molecule has 3 fully saturated rings. The summed E-state index contributed by atoms with van der Waals surface area (Å²) in [5, 5.41) is 2.18. The van der Waals surface area contributed by atoms with Gasteiger partial charge in [0.05, 0.1) is 12.7 Å². The molecule has 0 unspecified atom stereocenters. The third-order valence-electron chi connectivity index (χ3n) is 5.48. The third-order valence-corrected chi connectivity index (χ3v) is 6.48. The lowest BCUT2D eigenvalue weighted by Gasteiger charge is -2.24. The molecule has 4 heterocycles. The first-order chi connectivity index (χ1) is 10.7. The fourth-order valence-corrected chi connectivity index (χ4v) is 5.09. The molecule has 1 aromatic rings. The highest BCUT2D eigenvalue weighted by atomic mass is 32.1. The predicted molar refractivity (Wildman–Crippen MR) is 86.9 cm³/mol. The van der Waals surface area contributed by atoms with Gasteiger partial charge in [0.1, 0.15) is 0 Å². The van der Waals surface area contributed by atoms with Crippen LogP contribution in [-0.2, 0) is 16.1 Å². The first kappa shape index (κ1) is 14.7. The number of amides is 1. The van der Waals surface area contributed by atoms with Crippen molar-refractivity contribution in [2.75, 3.05) is 32.8 Å². The number of hydrogen-bond donors (Lipinski definition) is 0. The number of carbonyl (C=O) groups excluding carboxylic acids is 1. The van der Waals surface area contributed by atoms with Gasteiger partial charge < -0.3 is 9.64 Å². The minimum absolute atomic E-state index is 0.340. The van der Waals surface area contributed by atoms with E-state index in [1.165, 1.54) is 10.4 Å². The van der Waals surface area contributed by atoms with Crippen LogP contribution in [0.15, 0.2) is 11.4 Å². The zero-order valence-electron chi connectivity index (χ0n) is 13.2.